The van der Waals surface area contributed by atoms with E-state index in [2.05, 4.69) is 31.4 Å². The molecule has 1 N–H and O–H groups in total. The van der Waals surface area contributed by atoms with Crippen LogP contribution < -0.4 is 14.9 Å². The quantitative estimate of drug-likeness (QED) is 0.380. The molecule has 0 unspecified atom stereocenters. The lowest BCUT2D eigenvalue weighted by Crippen LogP contribution is -2.17. The third kappa shape index (κ3) is 5.64. The van der Waals surface area contributed by atoms with E-state index in [0.29, 0.717) is 39.3 Å². The van der Waals surface area contributed by atoms with E-state index in [0.717, 1.165) is 0 Å². The number of ether oxygens (including phenoxy) is 2. The SMILES string of the molecule is CCOc1cc(/C=N\NC(=O)c2ccncc2)cc(Br)c1OCc1ccccc1F. The zero-order valence-corrected chi connectivity index (χ0v) is 17.7. The Morgan fingerprint density at radius 1 is 1.20 bits per heavy atom. The van der Waals surface area contributed by atoms with Crippen LogP contribution in [0, 0.1) is 5.82 Å². The van der Waals surface area contributed by atoms with E-state index in [1.54, 1.807) is 42.5 Å². The highest BCUT2D eigenvalue weighted by atomic mass is 79.9. The van der Waals surface area contributed by atoms with Crippen LogP contribution in [0.15, 0.2) is 70.5 Å². The van der Waals surface area contributed by atoms with Crippen molar-refractivity contribution in [1.82, 2.24) is 10.4 Å². The number of hydrogen-bond donors (Lipinski definition) is 1. The van der Waals surface area contributed by atoms with Crippen molar-refractivity contribution in [3.05, 3.63) is 87.9 Å². The molecule has 3 rings (SSSR count). The van der Waals surface area contributed by atoms with E-state index >= 15 is 0 Å². The Bertz CT molecular complexity index is 1050. The van der Waals surface area contributed by atoms with Crippen molar-refractivity contribution in [2.75, 3.05) is 6.61 Å². The lowest BCUT2D eigenvalue weighted by molar-refractivity contribution is 0.0955. The number of pyridine rings is 1. The third-order valence-electron chi connectivity index (χ3n) is 3.98. The Hall–Kier alpha value is -3.26. The summed E-state index contributed by atoms with van der Waals surface area (Å²) >= 11 is 3.46. The largest absolute Gasteiger partial charge is 0.490 e. The van der Waals surface area contributed by atoms with Crippen molar-refractivity contribution >= 4 is 28.1 Å². The van der Waals surface area contributed by atoms with Gasteiger partial charge in [0, 0.05) is 23.5 Å². The Morgan fingerprint density at radius 2 is 1.97 bits per heavy atom. The van der Waals surface area contributed by atoms with Gasteiger partial charge in [0.2, 0.25) is 0 Å². The maximum Gasteiger partial charge on any atom is 0.271 e. The smallest absolute Gasteiger partial charge is 0.271 e. The molecule has 30 heavy (non-hydrogen) atoms. The van der Waals surface area contributed by atoms with Crippen molar-refractivity contribution in [2.24, 2.45) is 5.10 Å². The number of halogens is 2. The van der Waals surface area contributed by atoms with Gasteiger partial charge in [-0.1, -0.05) is 18.2 Å². The number of nitrogens with zero attached hydrogens (tertiary/aromatic N) is 2. The van der Waals surface area contributed by atoms with Gasteiger partial charge in [0.25, 0.3) is 5.91 Å². The first kappa shape index (κ1) is 21.4. The first-order valence-corrected chi connectivity index (χ1v) is 9.93. The Morgan fingerprint density at radius 3 is 2.70 bits per heavy atom. The Balaban J connectivity index is 1.73. The number of benzene rings is 2. The van der Waals surface area contributed by atoms with Crippen molar-refractivity contribution < 1.29 is 18.7 Å². The van der Waals surface area contributed by atoms with E-state index in [1.165, 1.54) is 24.7 Å². The molecule has 1 aromatic heterocycles. The Kier molecular flexibility index (Phi) is 7.51. The lowest BCUT2D eigenvalue weighted by Gasteiger charge is -2.15. The zero-order chi connectivity index (χ0) is 21.3. The van der Waals surface area contributed by atoms with E-state index in [1.807, 2.05) is 6.92 Å². The van der Waals surface area contributed by atoms with Crippen molar-refractivity contribution in [1.29, 1.82) is 0 Å². The van der Waals surface area contributed by atoms with E-state index in [4.69, 9.17) is 9.47 Å². The highest BCUT2D eigenvalue weighted by Gasteiger charge is 2.13. The summed E-state index contributed by atoms with van der Waals surface area (Å²) in [5.74, 6) is 0.256. The minimum Gasteiger partial charge on any atom is -0.490 e. The molecule has 6 nitrogen and oxygen atoms in total. The minimum absolute atomic E-state index is 0.0563. The van der Waals surface area contributed by atoms with Gasteiger partial charge in [-0.25, -0.2) is 9.82 Å². The topological polar surface area (TPSA) is 72.8 Å². The number of hydrazone groups is 1. The van der Waals surface area contributed by atoms with E-state index < -0.39 is 0 Å². The molecule has 3 aromatic rings. The second-order valence-electron chi connectivity index (χ2n) is 6.08. The summed E-state index contributed by atoms with van der Waals surface area (Å²) in [4.78, 5) is 15.9. The molecule has 0 atom stereocenters. The number of rotatable bonds is 8. The summed E-state index contributed by atoms with van der Waals surface area (Å²) in [7, 11) is 0. The van der Waals surface area contributed by atoms with Crippen molar-refractivity contribution in [3.63, 3.8) is 0 Å². The molecular formula is C22H19BrFN3O3. The number of nitrogens with one attached hydrogen (secondary N) is 1. The van der Waals surface area contributed by atoms with Gasteiger partial charge >= 0.3 is 0 Å². The summed E-state index contributed by atoms with van der Waals surface area (Å²) in [6.07, 6.45) is 4.56. The molecule has 2 aromatic carbocycles. The lowest BCUT2D eigenvalue weighted by atomic mass is 10.2. The zero-order valence-electron chi connectivity index (χ0n) is 16.1. The number of amides is 1. The normalized spacial score (nSPS) is 10.8. The number of aromatic nitrogens is 1. The summed E-state index contributed by atoms with van der Waals surface area (Å²) in [5.41, 5.74) is 4.03. The molecule has 0 saturated carbocycles. The van der Waals surface area contributed by atoms with Gasteiger partial charge < -0.3 is 9.47 Å². The van der Waals surface area contributed by atoms with Gasteiger partial charge in [0.15, 0.2) is 11.5 Å². The van der Waals surface area contributed by atoms with Crippen LogP contribution in [0.1, 0.15) is 28.4 Å². The molecule has 0 aliphatic heterocycles. The van der Waals surface area contributed by atoms with Gasteiger partial charge in [-0.2, -0.15) is 5.10 Å². The van der Waals surface area contributed by atoms with Gasteiger partial charge in [0.1, 0.15) is 12.4 Å². The fraction of sp³-hybridized carbons (Fsp3) is 0.136. The van der Waals surface area contributed by atoms with Gasteiger partial charge in [-0.3, -0.25) is 9.78 Å². The second-order valence-corrected chi connectivity index (χ2v) is 6.93. The minimum atomic E-state index is -0.345. The molecule has 154 valence electrons. The van der Waals surface area contributed by atoms with Crippen LogP contribution in [0.2, 0.25) is 0 Å². The van der Waals surface area contributed by atoms with Crippen LogP contribution in [0.25, 0.3) is 0 Å². The molecule has 8 heteroatoms. The molecule has 0 aliphatic rings. The number of carbonyl (C=O) groups is 1. The predicted octanol–water partition coefficient (Wildman–Crippen LogP) is 4.72. The summed E-state index contributed by atoms with van der Waals surface area (Å²) in [5, 5.41) is 3.98. The standard InChI is InChI=1S/C22H19BrFN3O3/c1-2-29-20-12-15(13-26-27-22(28)16-7-9-25-10-8-16)11-18(23)21(20)30-14-17-5-3-4-6-19(17)24/h3-13H,2,14H2,1H3,(H,27,28)/b26-13-. The molecule has 0 bridgehead atoms. The Labute approximate surface area is 181 Å². The third-order valence-corrected chi connectivity index (χ3v) is 4.57. The van der Waals surface area contributed by atoms with Crippen LogP contribution in [0.5, 0.6) is 11.5 Å². The highest BCUT2D eigenvalue weighted by Crippen LogP contribution is 2.37. The van der Waals surface area contributed by atoms with Gasteiger partial charge in [-0.15, -0.1) is 0 Å². The highest BCUT2D eigenvalue weighted by molar-refractivity contribution is 9.10. The van der Waals surface area contributed by atoms with Crippen LogP contribution in [0.4, 0.5) is 4.39 Å². The maximum atomic E-state index is 13.9. The molecule has 1 amide bonds. The predicted molar refractivity (Wildman–Crippen MR) is 115 cm³/mol. The average molecular weight is 472 g/mol. The molecular weight excluding hydrogens is 453 g/mol. The number of carbonyl (C=O) groups excluding carboxylic acids is 1. The summed E-state index contributed by atoms with van der Waals surface area (Å²) in [6, 6.07) is 13.1. The number of hydrogen-bond acceptors (Lipinski definition) is 5. The van der Waals surface area contributed by atoms with Gasteiger partial charge in [-0.05, 0) is 58.7 Å². The first-order chi connectivity index (χ1) is 14.6. The fourth-order valence-electron chi connectivity index (χ4n) is 2.56. The average Bonchev–Trinajstić information content (AvgIpc) is 2.75. The molecule has 0 radical (unpaired) electrons. The van der Waals surface area contributed by atoms with Crippen LogP contribution >= 0.6 is 15.9 Å². The second kappa shape index (κ2) is 10.5. The molecule has 0 spiro atoms. The first-order valence-electron chi connectivity index (χ1n) is 9.14. The molecule has 0 saturated heterocycles. The van der Waals surface area contributed by atoms with Crippen molar-refractivity contribution in [3.8, 4) is 11.5 Å². The van der Waals surface area contributed by atoms with E-state index in [9.17, 15) is 9.18 Å². The molecule has 0 aliphatic carbocycles. The maximum absolute atomic E-state index is 13.9. The van der Waals surface area contributed by atoms with Crippen molar-refractivity contribution in [2.45, 2.75) is 13.5 Å². The summed E-state index contributed by atoms with van der Waals surface area (Å²) < 4.78 is 26.0. The van der Waals surface area contributed by atoms with Crippen LogP contribution in [0.3, 0.4) is 0 Å². The monoisotopic (exact) mass is 471 g/mol. The molecule has 0 fully saturated rings. The van der Waals surface area contributed by atoms with Crippen LogP contribution in [-0.4, -0.2) is 23.7 Å². The van der Waals surface area contributed by atoms with Gasteiger partial charge in [0.05, 0.1) is 17.3 Å². The summed E-state index contributed by atoms with van der Waals surface area (Å²) in [6.45, 7) is 2.33. The molecule has 1 heterocycles. The fourth-order valence-corrected chi connectivity index (χ4v) is 3.14. The van der Waals surface area contributed by atoms with E-state index in [-0.39, 0.29) is 18.3 Å². The van der Waals surface area contributed by atoms with Crippen LogP contribution in [-0.2, 0) is 6.61 Å².